The van der Waals surface area contributed by atoms with E-state index in [0.29, 0.717) is 11.3 Å². The number of carbonyl (C=O) groups excluding carboxylic acids is 2. The fourth-order valence-electron chi connectivity index (χ4n) is 1.66. The molecule has 0 aliphatic heterocycles. The number of hydrogen-bond acceptors (Lipinski definition) is 5. The highest BCUT2D eigenvalue weighted by atomic mass is 79.9. The van der Waals surface area contributed by atoms with Gasteiger partial charge in [0.1, 0.15) is 5.75 Å². The first kappa shape index (κ1) is 14.3. The van der Waals surface area contributed by atoms with Crippen molar-refractivity contribution in [1.29, 1.82) is 0 Å². The van der Waals surface area contributed by atoms with E-state index in [-0.39, 0.29) is 17.3 Å². The number of methoxy groups -OCH3 is 2. The SMILES string of the molecule is COC(=O)c1ccc(C(=O)c2ccc(Br)cc2OC)o1. The lowest BCUT2D eigenvalue weighted by Gasteiger charge is -2.06. The summed E-state index contributed by atoms with van der Waals surface area (Å²) in [5.41, 5.74) is 0.349. The lowest BCUT2D eigenvalue weighted by atomic mass is 10.1. The van der Waals surface area contributed by atoms with Gasteiger partial charge in [0.15, 0.2) is 5.76 Å². The van der Waals surface area contributed by atoms with E-state index in [4.69, 9.17) is 9.15 Å². The smallest absolute Gasteiger partial charge is 0.373 e. The van der Waals surface area contributed by atoms with E-state index >= 15 is 0 Å². The predicted molar refractivity (Wildman–Crippen MR) is 74.2 cm³/mol. The first-order valence-electron chi connectivity index (χ1n) is 5.63. The van der Waals surface area contributed by atoms with Gasteiger partial charge in [-0.05, 0) is 30.3 Å². The zero-order chi connectivity index (χ0) is 14.7. The molecular weight excluding hydrogens is 328 g/mol. The lowest BCUT2D eigenvalue weighted by molar-refractivity contribution is 0.0563. The van der Waals surface area contributed by atoms with Crippen LogP contribution in [0.1, 0.15) is 26.7 Å². The molecule has 104 valence electrons. The Hall–Kier alpha value is -2.08. The monoisotopic (exact) mass is 338 g/mol. The second kappa shape index (κ2) is 5.92. The van der Waals surface area contributed by atoms with Crippen LogP contribution >= 0.6 is 15.9 Å². The van der Waals surface area contributed by atoms with E-state index in [1.807, 2.05) is 0 Å². The molecular formula is C14H11BrO5. The summed E-state index contributed by atoms with van der Waals surface area (Å²) in [7, 11) is 2.71. The van der Waals surface area contributed by atoms with Gasteiger partial charge in [-0.1, -0.05) is 15.9 Å². The fraction of sp³-hybridized carbons (Fsp3) is 0.143. The summed E-state index contributed by atoms with van der Waals surface area (Å²) < 4.78 is 15.7. The average Bonchev–Trinajstić information content (AvgIpc) is 2.95. The normalized spacial score (nSPS) is 10.2. The van der Waals surface area contributed by atoms with Crippen molar-refractivity contribution in [2.75, 3.05) is 14.2 Å². The predicted octanol–water partition coefficient (Wildman–Crippen LogP) is 3.07. The van der Waals surface area contributed by atoms with Gasteiger partial charge in [-0.25, -0.2) is 4.79 Å². The summed E-state index contributed by atoms with van der Waals surface area (Å²) in [6, 6.07) is 7.84. The largest absolute Gasteiger partial charge is 0.496 e. The first-order chi connectivity index (χ1) is 9.56. The number of benzene rings is 1. The van der Waals surface area contributed by atoms with Crippen LogP contribution in [0, 0.1) is 0 Å². The van der Waals surface area contributed by atoms with Crippen molar-refractivity contribution in [2.24, 2.45) is 0 Å². The highest BCUT2D eigenvalue weighted by Gasteiger charge is 2.20. The summed E-state index contributed by atoms with van der Waals surface area (Å²) >= 11 is 3.30. The van der Waals surface area contributed by atoms with Crippen molar-refractivity contribution in [2.45, 2.75) is 0 Å². The zero-order valence-corrected chi connectivity index (χ0v) is 12.4. The van der Waals surface area contributed by atoms with Gasteiger partial charge in [0, 0.05) is 4.47 Å². The fourth-order valence-corrected chi connectivity index (χ4v) is 2.00. The number of furan rings is 1. The first-order valence-corrected chi connectivity index (χ1v) is 6.42. The maximum Gasteiger partial charge on any atom is 0.373 e. The molecule has 0 bridgehead atoms. The van der Waals surface area contributed by atoms with Gasteiger partial charge in [-0.15, -0.1) is 0 Å². The number of ketones is 1. The summed E-state index contributed by atoms with van der Waals surface area (Å²) in [5.74, 6) is -0.560. The molecule has 20 heavy (non-hydrogen) atoms. The molecule has 0 saturated carbocycles. The Bertz CT molecular complexity index is 659. The molecule has 2 aromatic rings. The molecule has 0 fully saturated rings. The van der Waals surface area contributed by atoms with Crippen molar-refractivity contribution in [1.82, 2.24) is 0 Å². The third-order valence-corrected chi connectivity index (χ3v) is 3.12. The number of carbonyl (C=O) groups is 2. The Labute approximate surface area is 123 Å². The Kier molecular flexibility index (Phi) is 4.24. The summed E-state index contributed by atoms with van der Waals surface area (Å²) in [5, 5.41) is 0. The van der Waals surface area contributed by atoms with Crippen LogP contribution in [-0.4, -0.2) is 26.0 Å². The molecule has 0 spiro atoms. The molecule has 0 amide bonds. The topological polar surface area (TPSA) is 65.7 Å². The van der Waals surface area contributed by atoms with Gasteiger partial charge >= 0.3 is 5.97 Å². The molecule has 0 aliphatic rings. The molecule has 0 N–H and O–H groups in total. The molecule has 0 saturated heterocycles. The van der Waals surface area contributed by atoms with Gasteiger partial charge in [-0.3, -0.25) is 4.79 Å². The van der Waals surface area contributed by atoms with Crippen LogP contribution in [0.25, 0.3) is 0 Å². The highest BCUT2D eigenvalue weighted by Crippen LogP contribution is 2.26. The Morgan fingerprint density at radius 3 is 2.45 bits per heavy atom. The van der Waals surface area contributed by atoms with Gasteiger partial charge < -0.3 is 13.9 Å². The van der Waals surface area contributed by atoms with Crippen LogP contribution in [0.5, 0.6) is 5.75 Å². The van der Waals surface area contributed by atoms with Gasteiger partial charge in [0.05, 0.1) is 19.8 Å². The summed E-state index contributed by atoms with van der Waals surface area (Å²) in [6.45, 7) is 0. The van der Waals surface area contributed by atoms with Crippen LogP contribution in [0.4, 0.5) is 0 Å². The highest BCUT2D eigenvalue weighted by molar-refractivity contribution is 9.10. The van der Waals surface area contributed by atoms with Crippen LogP contribution in [0.3, 0.4) is 0 Å². The second-order valence-corrected chi connectivity index (χ2v) is 4.74. The minimum atomic E-state index is -0.633. The quantitative estimate of drug-likeness (QED) is 0.633. The van der Waals surface area contributed by atoms with E-state index in [1.165, 1.54) is 26.4 Å². The Morgan fingerprint density at radius 2 is 1.80 bits per heavy atom. The molecule has 1 heterocycles. The Morgan fingerprint density at radius 1 is 1.10 bits per heavy atom. The van der Waals surface area contributed by atoms with Crippen molar-refractivity contribution in [3.63, 3.8) is 0 Å². The lowest BCUT2D eigenvalue weighted by Crippen LogP contribution is -2.03. The molecule has 2 rings (SSSR count). The number of ether oxygens (including phenoxy) is 2. The number of hydrogen-bond donors (Lipinski definition) is 0. The molecule has 5 nitrogen and oxygen atoms in total. The van der Waals surface area contributed by atoms with Crippen molar-refractivity contribution in [3.8, 4) is 5.75 Å². The Balaban J connectivity index is 2.36. The van der Waals surface area contributed by atoms with Crippen molar-refractivity contribution >= 4 is 27.7 Å². The molecule has 0 unspecified atom stereocenters. The van der Waals surface area contributed by atoms with Crippen molar-refractivity contribution < 1.29 is 23.5 Å². The van der Waals surface area contributed by atoms with Crippen LogP contribution in [0.2, 0.25) is 0 Å². The maximum atomic E-state index is 12.3. The second-order valence-electron chi connectivity index (χ2n) is 3.83. The van der Waals surface area contributed by atoms with Gasteiger partial charge in [-0.2, -0.15) is 0 Å². The third-order valence-electron chi connectivity index (χ3n) is 2.62. The maximum absolute atomic E-state index is 12.3. The number of esters is 1. The van der Waals surface area contributed by atoms with Gasteiger partial charge in [0.2, 0.25) is 11.5 Å². The van der Waals surface area contributed by atoms with Crippen LogP contribution in [0.15, 0.2) is 39.2 Å². The summed E-state index contributed by atoms with van der Waals surface area (Å²) in [4.78, 5) is 23.6. The zero-order valence-electron chi connectivity index (χ0n) is 10.8. The van der Waals surface area contributed by atoms with Gasteiger partial charge in [0.25, 0.3) is 0 Å². The molecule has 6 heteroatoms. The van der Waals surface area contributed by atoms with E-state index in [0.717, 1.165) is 4.47 Å². The molecule has 0 radical (unpaired) electrons. The summed E-state index contributed by atoms with van der Waals surface area (Å²) in [6.07, 6.45) is 0. The number of rotatable bonds is 4. The average molecular weight is 339 g/mol. The standard InChI is InChI=1S/C14H11BrO5/c1-18-12-7-8(15)3-4-9(12)13(16)10-5-6-11(20-10)14(17)19-2/h3-7H,1-2H3. The molecule has 1 aromatic heterocycles. The van der Waals surface area contributed by atoms with E-state index in [1.54, 1.807) is 18.2 Å². The molecule has 1 aromatic carbocycles. The van der Waals surface area contributed by atoms with E-state index in [2.05, 4.69) is 20.7 Å². The molecule has 0 aliphatic carbocycles. The minimum Gasteiger partial charge on any atom is -0.496 e. The minimum absolute atomic E-state index is 0.0214. The third kappa shape index (κ3) is 2.75. The van der Waals surface area contributed by atoms with Crippen molar-refractivity contribution in [3.05, 3.63) is 51.9 Å². The van der Waals surface area contributed by atoms with E-state index < -0.39 is 5.97 Å². The molecule has 0 atom stereocenters. The van der Waals surface area contributed by atoms with Crippen LogP contribution in [-0.2, 0) is 4.74 Å². The van der Waals surface area contributed by atoms with Crippen LogP contribution < -0.4 is 4.74 Å². The van der Waals surface area contributed by atoms with E-state index in [9.17, 15) is 9.59 Å². The number of halogens is 1.